The van der Waals surface area contributed by atoms with Gasteiger partial charge in [-0.2, -0.15) is 0 Å². The molecular weight excluding hydrogens is 310 g/mol. The molecular formula is C17H27N3O4. The third-order valence-electron chi connectivity index (χ3n) is 2.75. The van der Waals surface area contributed by atoms with Gasteiger partial charge in [0.05, 0.1) is 6.42 Å². The molecule has 1 aliphatic rings. The van der Waals surface area contributed by atoms with Crippen molar-refractivity contribution in [3.8, 4) is 0 Å². The largest absolute Gasteiger partial charge is 0.388 e. The molecule has 0 bridgehead atoms. The second kappa shape index (κ2) is 12.1. The Balaban J connectivity index is 0.000000447. The number of hydrogen-bond donors (Lipinski definition) is 2. The molecule has 3 N–H and O–H groups in total. The van der Waals surface area contributed by atoms with Crippen LogP contribution in [0.15, 0.2) is 30.3 Å². The maximum atomic E-state index is 11.1. The second-order valence-corrected chi connectivity index (χ2v) is 4.84. The Morgan fingerprint density at radius 1 is 1.21 bits per heavy atom. The quantitative estimate of drug-likeness (QED) is 0.816. The Labute approximate surface area is 143 Å². The fraction of sp³-hybridized carbons (Fsp3) is 0.471. The summed E-state index contributed by atoms with van der Waals surface area (Å²) >= 11 is 0. The Kier molecular flexibility index (Phi) is 10.9. The normalized spacial score (nSPS) is 14.0. The molecule has 1 aliphatic heterocycles. The van der Waals surface area contributed by atoms with E-state index in [0.717, 1.165) is 5.69 Å². The average molecular weight is 337 g/mol. The van der Waals surface area contributed by atoms with Crippen molar-refractivity contribution >= 4 is 23.5 Å². The highest BCUT2D eigenvalue weighted by atomic mass is 16.7. The van der Waals surface area contributed by atoms with Gasteiger partial charge < -0.3 is 15.9 Å². The highest BCUT2D eigenvalue weighted by Gasteiger charge is 2.32. The van der Waals surface area contributed by atoms with Crippen LogP contribution in [0, 0.1) is 0 Å². The summed E-state index contributed by atoms with van der Waals surface area (Å²) in [6.07, 6.45) is 0.186. The van der Waals surface area contributed by atoms with Crippen molar-refractivity contribution in [2.24, 2.45) is 5.73 Å². The number of benzene rings is 1. The van der Waals surface area contributed by atoms with Crippen LogP contribution in [0.5, 0.6) is 0 Å². The summed E-state index contributed by atoms with van der Waals surface area (Å²) in [5.74, 6) is -1.62. The zero-order chi connectivity index (χ0) is 18.5. The summed E-state index contributed by atoms with van der Waals surface area (Å²) in [4.78, 5) is 37.6. The van der Waals surface area contributed by atoms with Crippen molar-refractivity contribution < 1.29 is 19.2 Å². The molecule has 0 aliphatic carbocycles. The molecule has 0 saturated carbocycles. The fourth-order valence-electron chi connectivity index (χ4n) is 1.66. The van der Waals surface area contributed by atoms with Gasteiger partial charge >= 0.3 is 5.97 Å². The van der Waals surface area contributed by atoms with Crippen LogP contribution in [0.3, 0.4) is 0 Å². The van der Waals surface area contributed by atoms with Gasteiger partial charge in [-0.25, -0.2) is 4.79 Å². The summed E-state index contributed by atoms with van der Waals surface area (Å²) in [5, 5.41) is 3.55. The molecule has 7 heteroatoms. The lowest BCUT2D eigenvalue weighted by molar-refractivity contribution is -0.197. The minimum Gasteiger partial charge on any atom is -0.388 e. The molecule has 2 rings (SSSR count). The van der Waals surface area contributed by atoms with Gasteiger partial charge in [0.15, 0.2) is 0 Å². The molecule has 1 aromatic rings. The topological polar surface area (TPSA) is 102 Å². The molecule has 1 heterocycles. The third kappa shape index (κ3) is 8.28. The number of nitrogens with zero attached hydrogens (tertiary/aromatic N) is 1. The number of carbonyl (C=O) groups excluding carboxylic acids is 3. The van der Waals surface area contributed by atoms with Crippen LogP contribution in [0.25, 0.3) is 0 Å². The van der Waals surface area contributed by atoms with E-state index >= 15 is 0 Å². The van der Waals surface area contributed by atoms with Crippen LogP contribution in [-0.2, 0) is 19.2 Å². The van der Waals surface area contributed by atoms with E-state index in [9.17, 15) is 14.4 Å². The Morgan fingerprint density at radius 2 is 1.71 bits per heavy atom. The van der Waals surface area contributed by atoms with Crippen LogP contribution in [-0.4, -0.2) is 35.9 Å². The number of hydrogen-bond acceptors (Lipinski definition) is 6. The monoisotopic (exact) mass is 337 g/mol. The first kappa shape index (κ1) is 21.6. The molecule has 0 radical (unpaired) electrons. The number of nitrogens with two attached hydrogens (primary N) is 1. The van der Waals surface area contributed by atoms with E-state index in [4.69, 9.17) is 5.73 Å². The summed E-state index contributed by atoms with van der Waals surface area (Å²) in [6.45, 7) is 5.63. The maximum absolute atomic E-state index is 11.1. The van der Waals surface area contributed by atoms with Crippen molar-refractivity contribution in [2.45, 2.75) is 46.1 Å². The molecule has 1 unspecified atom stereocenters. The standard InChI is InChI=1S/C8H12N2O4.C7H9N.C2H6/c1-5(9)4-8(13)14-10-6(11)2-3-7(10)12;1-8-7-5-3-2-4-6-7;1-2/h5H,2-4,9H2,1H3;2-6,8H,1H3;1-2H3. The first-order valence-corrected chi connectivity index (χ1v) is 7.99. The van der Waals surface area contributed by atoms with E-state index in [1.54, 1.807) is 6.92 Å². The van der Waals surface area contributed by atoms with Crippen LogP contribution in [0.2, 0.25) is 0 Å². The summed E-state index contributed by atoms with van der Waals surface area (Å²) < 4.78 is 0. The summed E-state index contributed by atoms with van der Waals surface area (Å²) in [7, 11) is 1.91. The molecule has 134 valence electrons. The average Bonchev–Trinajstić information content (AvgIpc) is 2.89. The van der Waals surface area contributed by atoms with Gasteiger partial charge in [-0.1, -0.05) is 32.0 Å². The third-order valence-corrected chi connectivity index (χ3v) is 2.75. The maximum Gasteiger partial charge on any atom is 0.334 e. The highest BCUT2D eigenvalue weighted by molar-refractivity contribution is 6.01. The number of amides is 2. The molecule has 1 atom stereocenters. The molecule has 0 aromatic heterocycles. The van der Waals surface area contributed by atoms with Crippen molar-refractivity contribution in [3.63, 3.8) is 0 Å². The van der Waals surface area contributed by atoms with E-state index in [2.05, 4.69) is 10.2 Å². The Bertz CT molecular complexity index is 502. The smallest absolute Gasteiger partial charge is 0.334 e. The first-order chi connectivity index (χ1) is 11.4. The van der Waals surface area contributed by atoms with E-state index in [-0.39, 0.29) is 25.3 Å². The highest BCUT2D eigenvalue weighted by Crippen LogP contribution is 2.12. The van der Waals surface area contributed by atoms with Crippen molar-refractivity contribution in [2.75, 3.05) is 12.4 Å². The molecule has 1 fully saturated rings. The van der Waals surface area contributed by atoms with Gasteiger partial charge in [-0.15, -0.1) is 5.06 Å². The predicted octanol–water partition coefficient (Wildman–Crippen LogP) is 2.09. The van der Waals surface area contributed by atoms with Crippen LogP contribution in [0.4, 0.5) is 5.69 Å². The van der Waals surface area contributed by atoms with E-state index in [0.29, 0.717) is 5.06 Å². The summed E-state index contributed by atoms with van der Waals surface area (Å²) in [5.41, 5.74) is 6.51. The van der Waals surface area contributed by atoms with E-state index in [1.807, 2.05) is 51.2 Å². The molecule has 7 nitrogen and oxygen atoms in total. The Morgan fingerprint density at radius 3 is 2.08 bits per heavy atom. The molecule has 1 saturated heterocycles. The zero-order valence-electron chi connectivity index (χ0n) is 14.7. The van der Waals surface area contributed by atoms with Gasteiger partial charge in [-0.3, -0.25) is 9.59 Å². The lowest BCUT2D eigenvalue weighted by Crippen LogP contribution is -2.33. The van der Waals surface area contributed by atoms with Gasteiger partial charge in [0.2, 0.25) is 0 Å². The number of para-hydroxylation sites is 1. The van der Waals surface area contributed by atoms with Crippen molar-refractivity contribution in [3.05, 3.63) is 30.3 Å². The number of nitrogens with one attached hydrogen (secondary N) is 1. The predicted molar refractivity (Wildman–Crippen MR) is 92.8 cm³/mol. The first-order valence-electron chi connectivity index (χ1n) is 7.99. The van der Waals surface area contributed by atoms with Gasteiger partial charge in [-0.05, 0) is 19.1 Å². The number of rotatable bonds is 4. The van der Waals surface area contributed by atoms with Crippen LogP contribution in [0.1, 0.15) is 40.0 Å². The summed E-state index contributed by atoms with van der Waals surface area (Å²) in [6, 6.07) is 9.72. The van der Waals surface area contributed by atoms with Crippen LogP contribution < -0.4 is 11.1 Å². The number of anilines is 1. The second-order valence-electron chi connectivity index (χ2n) is 4.84. The zero-order valence-corrected chi connectivity index (χ0v) is 14.7. The SMILES string of the molecule is CC.CC(N)CC(=O)ON1C(=O)CCC1=O.CNc1ccccc1. The van der Waals surface area contributed by atoms with E-state index in [1.165, 1.54) is 0 Å². The fourth-order valence-corrected chi connectivity index (χ4v) is 1.66. The lowest BCUT2D eigenvalue weighted by Gasteiger charge is -2.13. The number of carbonyl (C=O) groups is 3. The molecule has 2 amide bonds. The van der Waals surface area contributed by atoms with E-state index < -0.39 is 17.8 Å². The minimum absolute atomic E-state index is 0.0168. The van der Waals surface area contributed by atoms with Gasteiger partial charge in [0, 0.05) is 31.6 Å². The number of imide groups is 1. The minimum atomic E-state index is -0.663. The van der Waals surface area contributed by atoms with Gasteiger partial charge in [0.25, 0.3) is 11.8 Å². The molecule has 0 spiro atoms. The number of hydroxylamine groups is 2. The van der Waals surface area contributed by atoms with Gasteiger partial charge in [0.1, 0.15) is 0 Å². The Hall–Kier alpha value is -2.41. The molecule has 1 aromatic carbocycles. The molecule has 24 heavy (non-hydrogen) atoms. The van der Waals surface area contributed by atoms with Crippen LogP contribution >= 0.6 is 0 Å². The van der Waals surface area contributed by atoms with Crippen molar-refractivity contribution in [1.82, 2.24) is 5.06 Å². The van der Waals surface area contributed by atoms with Crippen molar-refractivity contribution in [1.29, 1.82) is 0 Å². The lowest BCUT2D eigenvalue weighted by atomic mass is 10.3.